The molecule has 3 aliphatic rings. The Balaban J connectivity index is 1.48. The van der Waals surface area contributed by atoms with E-state index in [9.17, 15) is 0 Å². The van der Waals surface area contributed by atoms with Crippen LogP contribution in [-0.2, 0) is 0 Å². The number of dihydropyridines is 1. The summed E-state index contributed by atoms with van der Waals surface area (Å²) < 4.78 is 2.11. The Hall–Kier alpha value is -3.02. The number of nitrogens with zero attached hydrogens (tertiary/aromatic N) is 1. The Morgan fingerprint density at radius 2 is 1.54 bits per heavy atom. The highest BCUT2D eigenvalue weighted by molar-refractivity contribution is 9.11. The average molecular weight is 587 g/mol. The smallest absolute Gasteiger partial charge is 0.133 e. The third-order valence-corrected chi connectivity index (χ3v) is 7.53. The molecule has 6 rings (SSSR count). The highest BCUT2D eigenvalue weighted by atomic mass is 79.9. The molecule has 3 aromatic rings. The van der Waals surface area contributed by atoms with Crippen molar-refractivity contribution < 1.29 is 0 Å². The topological polar surface area (TPSA) is 27.3 Å². The molecule has 3 nitrogen and oxygen atoms in total. The molecular weight excluding hydrogens is 562 g/mol. The van der Waals surface area contributed by atoms with Gasteiger partial charge in [-0.3, -0.25) is 0 Å². The van der Waals surface area contributed by atoms with Crippen LogP contribution in [0.15, 0.2) is 123 Å². The van der Waals surface area contributed by atoms with Crippen molar-refractivity contribution in [1.29, 1.82) is 0 Å². The first kappa shape index (κ1) is 22.4. The molecular formula is C30H25Br2N3. The van der Waals surface area contributed by atoms with Gasteiger partial charge in [-0.1, -0.05) is 105 Å². The van der Waals surface area contributed by atoms with Crippen LogP contribution in [0.25, 0.3) is 16.7 Å². The molecule has 1 atom stereocenters. The molecule has 5 heteroatoms. The fourth-order valence-electron chi connectivity index (χ4n) is 5.10. The van der Waals surface area contributed by atoms with Gasteiger partial charge in [0.05, 0.1) is 5.70 Å². The van der Waals surface area contributed by atoms with E-state index in [1.807, 2.05) is 0 Å². The summed E-state index contributed by atoms with van der Waals surface area (Å²) in [6.45, 7) is 0.779. The normalized spacial score (nSPS) is 19.0. The Morgan fingerprint density at radius 3 is 2.29 bits per heavy atom. The molecule has 174 valence electrons. The number of rotatable bonds is 4. The maximum atomic E-state index is 3.90. The first-order valence-corrected chi connectivity index (χ1v) is 13.5. The lowest BCUT2D eigenvalue weighted by molar-refractivity contribution is 0.318. The van der Waals surface area contributed by atoms with Crippen LogP contribution >= 0.6 is 31.9 Å². The zero-order valence-electron chi connectivity index (χ0n) is 19.1. The molecule has 2 N–H and O–H groups in total. The molecule has 2 aliphatic heterocycles. The van der Waals surface area contributed by atoms with Gasteiger partial charge in [-0.15, -0.1) is 0 Å². The van der Waals surface area contributed by atoms with Gasteiger partial charge in [0.2, 0.25) is 0 Å². The SMILES string of the molecule is Brc1cc(Br)cc(C2NC3=C(NCC=C3c3ccccc3-c3ccccc3)N2C2=CCCC=C2)c1. The van der Waals surface area contributed by atoms with E-state index in [-0.39, 0.29) is 6.17 Å². The molecule has 0 fully saturated rings. The van der Waals surface area contributed by atoms with Crippen LogP contribution in [0, 0.1) is 0 Å². The second kappa shape index (κ2) is 9.56. The zero-order chi connectivity index (χ0) is 23.8. The van der Waals surface area contributed by atoms with Gasteiger partial charge in [-0.2, -0.15) is 0 Å². The molecule has 0 amide bonds. The molecule has 0 aromatic heterocycles. The predicted molar refractivity (Wildman–Crippen MR) is 151 cm³/mol. The summed E-state index contributed by atoms with van der Waals surface area (Å²) in [7, 11) is 0. The van der Waals surface area contributed by atoms with Gasteiger partial charge in [-0.05, 0) is 59.4 Å². The number of hydrogen-bond donors (Lipinski definition) is 2. The van der Waals surface area contributed by atoms with E-state index < -0.39 is 0 Å². The minimum Gasteiger partial charge on any atom is -0.366 e. The molecule has 1 aliphatic carbocycles. The number of nitrogens with one attached hydrogen (secondary N) is 2. The van der Waals surface area contributed by atoms with Gasteiger partial charge in [0, 0.05) is 26.8 Å². The number of allylic oxidation sites excluding steroid dienone is 4. The molecule has 3 aromatic carbocycles. The van der Waals surface area contributed by atoms with E-state index in [0.29, 0.717) is 0 Å². The van der Waals surface area contributed by atoms with Crippen molar-refractivity contribution in [2.24, 2.45) is 0 Å². The average Bonchev–Trinajstić information content (AvgIpc) is 3.29. The van der Waals surface area contributed by atoms with Crippen LogP contribution in [0.1, 0.15) is 30.1 Å². The van der Waals surface area contributed by atoms with Crippen molar-refractivity contribution in [2.75, 3.05) is 6.54 Å². The minimum atomic E-state index is -0.0271. The summed E-state index contributed by atoms with van der Waals surface area (Å²) >= 11 is 7.38. The van der Waals surface area contributed by atoms with Crippen LogP contribution < -0.4 is 10.6 Å². The Kier molecular flexibility index (Phi) is 6.13. The lowest BCUT2D eigenvalue weighted by Crippen LogP contribution is -2.33. The lowest BCUT2D eigenvalue weighted by atomic mass is 9.91. The van der Waals surface area contributed by atoms with Gasteiger partial charge in [0.15, 0.2) is 0 Å². The minimum absolute atomic E-state index is 0.0271. The van der Waals surface area contributed by atoms with E-state index in [2.05, 4.69) is 144 Å². The van der Waals surface area contributed by atoms with Crippen molar-refractivity contribution in [3.05, 3.63) is 134 Å². The third-order valence-electron chi connectivity index (χ3n) is 6.62. The van der Waals surface area contributed by atoms with Crippen LogP contribution in [-0.4, -0.2) is 11.4 Å². The summed E-state index contributed by atoms with van der Waals surface area (Å²) in [5.74, 6) is 1.13. The second-order valence-electron chi connectivity index (χ2n) is 8.86. The molecule has 0 radical (unpaired) electrons. The summed E-state index contributed by atoms with van der Waals surface area (Å²) in [5, 5.41) is 7.58. The molecule has 1 unspecified atom stereocenters. The zero-order valence-corrected chi connectivity index (χ0v) is 22.3. The van der Waals surface area contributed by atoms with Crippen LogP contribution in [0.2, 0.25) is 0 Å². The second-order valence-corrected chi connectivity index (χ2v) is 10.7. The molecule has 0 bridgehead atoms. The third kappa shape index (κ3) is 4.28. The summed E-state index contributed by atoms with van der Waals surface area (Å²) in [5.41, 5.74) is 8.50. The first-order chi connectivity index (χ1) is 17.2. The van der Waals surface area contributed by atoms with Crippen molar-refractivity contribution >= 4 is 37.4 Å². The molecule has 35 heavy (non-hydrogen) atoms. The highest BCUT2D eigenvalue weighted by Crippen LogP contribution is 2.43. The maximum absolute atomic E-state index is 3.90. The fraction of sp³-hybridized carbons (Fsp3) is 0.133. The van der Waals surface area contributed by atoms with E-state index in [4.69, 9.17) is 0 Å². The number of halogens is 2. The Labute approximate surface area is 223 Å². The number of hydrogen-bond acceptors (Lipinski definition) is 3. The van der Waals surface area contributed by atoms with Crippen LogP contribution in [0.4, 0.5) is 0 Å². The maximum Gasteiger partial charge on any atom is 0.133 e. The first-order valence-electron chi connectivity index (χ1n) is 11.9. The quantitative estimate of drug-likeness (QED) is 0.326. The highest BCUT2D eigenvalue weighted by Gasteiger charge is 2.37. The van der Waals surface area contributed by atoms with Gasteiger partial charge < -0.3 is 15.5 Å². The Morgan fingerprint density at radius 1 is 0.800 bits per heavy atom. The molecule has 0 saturated carbocycles. The van der Waals surface area contributed by atoms with Crippen molar-refractivity contribution in [3.8, 4) is 11.1 Å². The van der Waals surface area contributed by atoms with Crippen molar-refractivity contribution in [2.45, 2.75) is 19.0 Å². The van der Waals surface area contributed by atoms with Crippen molar-refractivity contribution in [1.82, 2.24) is 15.5 Å². The van der Waals surface area contributed by atoms with Gasteiger partial charge in [-0.25, -0.2) is 0 Å². The summed E-state index contributed by atoms with van der Waals surface area (Å²) in [6.07, 6.45) is 11.3. The largest absolute Gasteiger partial charge is 0.366 e. The van der Waals surface area contributed by atoms with E-state index >= 15 is 0 Å². The van der Waals surface area contributed by atoms with Gasteiger partial charge >= 0.3 is 0 Å². The van der Waals surface area contributed by atoms with E-state index in [1.165, 1.54) is 33.5 Å². The van der Waals surface area contributed by atoms with Crippen LogP contribution in [0.3, 0.4) is 0 Å². The van der Waals surface area contributed by atoms with Gasteiger partial charge in [0.1, 0.15) is 12.0 Å². The monoisotopic (exact) mass is 585 g/mol. The van der Waals surface area contributed by atoms with Crippen LogP contribution in [0.5, 0.6) is 0 Å². The molecule has 2 heterocycles. The summed E-state index contributed by atoms with van der Waals surface area (Å²) in [6, 6.07) is 25.8. The van der Waals surface area contributed by atoms with E-state index in [1.54, 1.807) is 0 Å². The predicted octanol–water partition coefficient (Wildman–Crippen LogP) is 7.87. The van der Waals surface area contributed by atoms with Crippen molar-refractivity contribution in [3.63, 3.8) is 0 Å². The van der Waals surface area contributed by atoms with Gasteiger partial charge in [0.25, 0.3) is 0 Å². The fourth-order valence-corrected chi connectivity index (χ4v) is 6.43. The molecule has 0 spiro atoms. The van der Waals surface area contributed by atoms with E-state index in [0.717, 1.165) is 39.8 Å². The Bertz CT molecular complexity index is 1380. The molecule has 0 saturated heterocycles. The standard InChI is InChI=1S/C30H25Br2N3/c31-22-17-21(18-23(32)19-22)29-34-28-27(15-16-33-30(28)35(29)24-11-5-2-6-12-24)26-14-8-7-13-25(26)20-9-3-1-4-10-20/h1,3-5,7-15,17-19,29,33-34H,2,6,16H2. The number of benzene rings is 3. The summed E-state index contributed by atoms with van der Waals surface area (Å²) in [4.78, 5) is 2.41. The lowest BCUT2D eigenvalue weighted by Gasteiger charge is -2.32.